The number of rotatable bonds is 3. The second-order valence-corrected chi connectivity index (χ2v) is 6.74. The molecule has 0 N–H and O–H groups in total. The molecule has 0 aromatic rings. The van der Waals surface area contributed by atoms with Crippen LogP contribution < -0.4 is 0 Å². The molecule has 0 saturated heterocycles. The fourth-order valence-corrected chi connectivity index (χ4v) is 2.07. The van der Waals surface area contributed by atoms with Gasteiger partial charge in [0, 0.05) is 0 Å². The third-order valence-corrected chi connectivity index (χ3v) is 2.27. The average Bonchev–Trinajstić information content (AvgIpc) is 1.94. The summed E-state index contributed by atoms with van der Waals surface area (Å²) in [6.07, 6.45) is 0.217. The minimum absolute atomic E-state index is 0.0526. The second-order valence-electron chi connectivity index (χ2n) is 6.74. The maximum atomic E-state index is 11.7. The Balaban J connectivity index is 4.71. The molecule has 0 aromatic heterocycles. The average molecular weight is 226 g/mol. The summed E-state index contributed by atoms with van der Waals surface area (Å²) in [5, 5.41) is 0. The zero-order chi connectivity index (χ0) is 13.1. The van der Waals surface area contributed by atoms with Crippen LogP contribution in [0.1, 0.15) is 54.9 Å². The van der Waals surface area contributed by atoms with E-state index in [0.717, 1.165) is 5.57 Å². The van der Waals surface area contributed by atoms with Gasteiger partial charge in [-0.15, -0.1) is 0 Å². The second kappa shape index (κ2) is 5.03. The topological polar surface area (TPSA) is 26.3 Å². The number of hydrogen-bond donors (Lipinski definition) is 0. The molecule has 0 spiro atoms. The molecule has 0 heterocycles. The van der Waals surface area contributed by atoms with Gasteiger partial charge in [-0.1, -0.05) is 53.7 Å². The Morgan fingerprint density at radius 3 is 1.75 bits per heavy atom. The highest BCUT2D eigenvalue weighted by molar-refractivity contribution is 5.72. The Kier molecular flexibility index (Phi) is 4.78. The summed E-state index contributed by atoms with van der Waals surface area (Å²) in [6, 6.07) is 0. The molecule has 0 amide bonds. The van der Waals surface area contributed by atoms with Crippen molar-refractivity contribution in [1.82, 2.24) is 0 Å². The summed E-state index contributed by atoms with van der Waals surface area (Å²) in [6.45, 7) is 18.1. The Morgan fingerprint density at radius 1 is 1.12 bits per heavy atom. The van der Waals surface area contributed by atoms with E-state index in [1.54, 1.807) is 0 Å². The fourth-order valence-electron chi connectivity index (χ4n) is 2.07. The Morgan fingerprint density at radius 2 is 1.50 bits per heavy atom. The van der Waals surface area contributed by atoms with Crippen LogP contribution in [0, 0.1) is 10.8 Å². The molecule has 94 valence electrons. The summed E-state index contributed by atoms with van der Waals surface area (Å²) in [5.74, 6) is -0.178. The fraction of sp³-hybridized carbons (Fsp3) is 0.786. The predicted molar refractivity (Wildman–Crippen MR) is 68.2 cm³/mol. The molecule has 0 aliphatic heterocycles. The van der Waals surface area contributed by atoms with Crippen molar-refractivity contribution in [2.24, 2.45) is 10.8 Å². The van der Waals surface area contributed by atoms with Crippen molar-refractivity contribution in [1.29, 1.82) is 0 Å². The molecule has 0 fully saturated rings. The number of ether oxygens (including phenoxy) is 1. The smallest absolute Gasteiger partial charge is 0.310 e. The predicted octanol–water partition coefficient (Wildman–Crippen LogP) is 3.96. The first-order valence-corrected chi connectivity index (χ1v) is 5.78. The van der Waals surface area contributed by atoms with Gasteiger partial charge in [0.05, 0.1) is 6.42 Å². The minimum Gasteiger partial charge on any atom is -0.461 e. The third kappa shape index (κ3) is 5.34. The van der Waals surface area contributed by atoms with Gasteiger partial charge in [0.2, 0.25) is 0 Å². The number of hydrogen-bond acceptors (Lipinski definition) is 2. The molecule has 0 unspecified atom stereocenters. The number of carbonyl (C=O) groups is 1. The van der Waals surface area contributed by atoms with Crippen LogP contribution in [0.25, 0.3) is 0 Å². The van der Waals surface area contributed by atoms with Crippen LogP contribution in [0.2, 0.25) is 0 Å². The van der Waals surface area contributed by atoms with E-state index >= 15 is 0 Å². The van der Waals surface area contributed by atoms with Crippen LogP contribution in [0.15, 0.2) is 12.2 Å². The molecule has 2 nitrogen and oxygen atoms in total. The van der Waals surface area contributed by atoms with E-state index < -0.39 is 0 Å². The molecule has 16 heavy (non-hydrogen) atoms. The Bertz CT molecular complexity index is 249. The highest BCUT2D eigenvalue weighted by atomic mass is 16.5. The van der Waals surface area contributed by atoms with E-state index in [2.05, 4.69) is 48.1 Å². The summed E-state index contributed by atoms with van der Waals surface area (Å²) < 4.78 is 5.59. The van der Waals surface area contributed by atoms with E-state index in [4.69, 9.17) is 4.74 Å². The minimum atomic E-state index is -0.178. The molecule has 0 atom stereocenters. The lowest BCUT2D eigenvalue weighted by Gasteiger charge is -2.39. The van der Waals surface area contributed by atoms with Crippen molar-refractivity contribution < 1.29 is 9.53 Å². The van der Waals surface area contributed by atoms with Gasteiger partial charge >= 0.3 is 5.97 Å². The van der Waals surface area contributed by atoms with E-state index in [-0.39, 0.29) is 22.9 Å². The molecular weight excluding hydrogens is 200 g/mol. The normalized spacial score (nSPS) is 12.8. The van der Waals surface area contributed by atoms with Crippen LogP contribution in [0.3, 0.4) is 0 Å². The zero-order valence-corrected chi connectivity index (χ0v) is 11.8. The summed E-state index contributed by atoms with van der Waals surface area (Å²) >= 11 is 0. The van der Waals surface area contributed by atoms with Crippen molar-refractivity contribution in [3.8, 4) is 0 Å². The molecule has 0 radical (unpaired) electrons. The molecule has 0 saturated carbocycles. The van der Waals surface area contributed by atoms with Crippen molar-refractivity contribution in [3.05, 3.63) is 12.2 Å². The van der Waals surface area contributed by atoms with E-state index in [1.807, 2.05) is 6.92 Å². The van der Waals surface area contributed by atoms with Crippen LogP contribution in [-0.4, -0.2) is 12.1 Å². The lowest BCUT2D eigenvalue weighted by molar-refractivity contribution is -0.162. The maximum absolute atomic E-state index is 11.7. The molecule has 0 bridgehead atoms. The Hall–Kier alpha value is -0.790. The Labute approximate surface area is 100 Å². The van der Waals surface area contributed by atoms with Gasteiger partial charge < -0.3 is 4.74 Å². The van der Waals surface area contributed by atoms with Crippen LogP contribution in [-0.2, 0) is 9.53 Å². The first-order valence-electron chi connectivity index (χ1n) is 5.78. The lowest BCUT2D eigenvalue weighted by Crippen LogP contribution is -2.42. The van der Waals surface area contributed by atoms with Gasteiger partial charge in [-0.25, -0.2) is 0 Å². The molecule has 0 aliphatic carbocycles. The quantitative estimate of drug-likeness (QED) is 0.538. The zero-order valence-electron chi connectivity index (χ0n) is 11.8. The van der Waals surface area contributed by atoms with Gasteiger partial charge in [-0.05, 0) is 17.8 Å². The highest BCUT2D eigenvalue weighted by Crippen LogP contribution is 2.36. The van der Waals surface area contributed by atoms with Gasteiger partial charge in [-0.3, -0.25) is 4.79 Å². The van der Waals surface area contributed by atoms with Crippen LogP contribution in [0.5, 0.6) is 0 Å². The standard InChI is InChI=1S/C14H26O2/c1-10(2)9-11(15)16-12(13(3,4)5)14(6,7)8/h12H,1,9H2,2-8H3. The maximum Gasteiger partial charge on any atom is 0.310 e. The van der Waals surface area contributed by atoms with E-state index in [9.17, 15) is 4.79 Å². The molecule has 0 aromatic carbocycles. The van der Waals surface area contributed by atoms with Crippen molar-refractivity contribution in [3.63, 3.8) is 0 Å². The van der Waals surface area contributed by atoms with Crippen molar-refractivity contribution in [2.45, 2.75) is 61.0 Å². The number of esters is 1. The van der Waals surface area contributed by atoms with Crippen LogP contribution in [0.4, 0.5) is 0 Å². The summed E-state index contributed by atoms with van der Waals surface area (Å²) in [5.41, 5.74) is 0.734. The molecule has 0 rings (SSSR count). The summed E-state index contributed by atoms with van der Waals surface area (Å²) in [7, 11) is 0. The van der Waals surface area contributed by atoms with Crippen molar-refractivity contribution >= 4 is 5.97 Å². The highest BCUT2D eigenvalue weighted by Gasteiger charge is 2.37. The van der Waals surface area contributed by atoms with E-state index in [0.29, 0.717) is 6.42 Å². The van der Waals surface area contributed by atoms with Gasteiger partial charge in [0.25, 0.3) is 0 Å². The molecular formula is C14H26O2. The van der Waals surface area contributed by atoms with Gasteiger partial charge in [0.15, 0.2) is 0 Å². The largest absolute Gasteiger partial charge is 0.461 e. The molecule has 2 heteroatoms. The third-order valence-electron chi connectivity index (χ3n) is 2.27. The first kappa shape index (κ1) is 15.2. The summed E-state index contributed by atoms with van der Waals surface area (Å²) in [4.78, 5) is 11.7. The van der Waals surface area contributed by atoms with Gasteiger partial charge in [0.1, 0.15) is 6.10 Å². The monoisotopic (exact) mass is 226 g/mol. The van der Waals surface area contributed by atoms with Crippen molar-refractivity contribution in [2.75, 3.05) is 0 Å². The first-order chi connectivity index (χ1) is 6.94. The molecule has 0 aliphatic rings. The van der Waals surface area contributed by atoms with Crippen LogP contribution >= 0.6 is 0 Å². The van der Waals surface area contributed by atoms with E-state index in [1.165, 1.54) is 0 Å². The van der Waals surface area contributed by atoms with Gasteiger partial charge in [-0.2, -0.15) is 0 Å². The number of carbonyl (C=O) groups excluding carboxylic acids is 1. The lowest BCUT2D eigenvalue weighted by atomic mass is 9.74. The SMILES string of the molecule is C=C(C)CC(=O)OC(C(C)(C)C)C(C)(C)C.